The minimum atomic E-state index is -0.167. The number of aromatic amines is 1. The third-order valence-corrected chi connectivity index (χ3v) is 5.19. The van der Waals surface area contributed by atoms with Crippen molar-refractivity contribution in [3.05, 3.63) is 52.0 Å². The van der Waals surface area contributed by atoms with Crippen molar-refractivity contribution >= 4 is 29.9 Å². The summed E-state index contributed by atoms with van der Waals surface area (Å²) in [5, 5.41) is 14.5. The predicted molar refractivity (Wildman–Crippen MR) is 104 cm³/mol. The first-order valence-electron chi connectivity index (χ1n) is 8.50. The van der Waals surface area contributed by atoms with Gasteiger partial charge in [-0.15, -0.1) is 0 Å². The molecule has 0 atom stereocenters. The number of aromatic nitrogens is 5. The molecular formula is C17H20N6O2S2. The molecule has 0 aliphatic rings. The molecule has 0 unspecified atom stereocenters. The molecular weight excluding hydrogens is 384 g/mol. The van der Waals surface area contributed by atoms with Crippen LogP contribution in [0.25, 0.3) is 0 Å². The quantitative estimate of drug-likeness (QED) is 0.440. The van der Waals surface area contributed by atoms with Gasteiger partial charge >= 0.3 is 0 Å². The largest absolute Gasteiger partial charge is 0.361 e. The molecule has 3 aromatic heterocycles. The van der Waals surface area contributed by atoms with Crippen molar-refractivity contribution < 1.29 is 9.32 Å². The van der Waals surface area contributed by atoms with Crippen LogP contribution in [0, 0.1) is 11.7 Å². The molecule has 142 valence electrons. The number of carbonyl (C=O) groups is 1. The molecule has 27 heavy (non-hydrogen) atoms. The van der Waals surface area contributed by atoms with Crippen molar-refractivity contribution in [3.63, 3.8) is 0 Å². The molecule has 2 N–H and O–H groups in total. The number of carbonyl (C=O) groups excluding carboxylic acids is 1. The third-order valence-electron chi connectivity index (χ3n) is 3.84. The van der Waals surface area contributed by atoms with Gasteiger partial charge < -0.3 is 14.4 Å². The summed E-state index contributed by atoms with van der Waals surface area (Å²) in [7, 11) is 0. The molecule has 0 radical (unpaired) electrons. The highest BCUT2D eigenvalue weighted by Crippen LogP contribution is 2.24. The Balaban J connectivity index is 1.60. The second-order valence-electron chi connectivity index (χ2n) is 5.77. The zero-order valence-electron chi connectivity index (χ0n) is 15.1. The van der Waals surface area contributed by atoms with Crippen molar-refractivity contribution in [2.75, 3.05) is 6.54 Å². The van der Waals surface area contributed by atoms with Crippen molar-refractivity contribution in [2.45, 2.75) is 37.6 Å². The van der Waals surface area contributed by atoms with Crippen molar-refractivity contribution in [2.24, 2.45) is 0 Å². The lowest BCUT2D eigenvalue weighted by Crippen LogP contribution is -2.27. The zero-order chi connectivity index (χ0) is 19.2. The number of aryl methyl sites for hydroxylation is 1. The number of nitrogens with one attached hydrogen (secondary N) is 2. The fourth-order valence-corrected chi connectivity index (χ4v) is 3.71. The summed E-state index contributed by atoms with van der Waals surface area (Å²) in [6.45, 7) is 5.05. The molecule has 3 heterocycles. The number of hydrogen-bond acceptors (Lipinski definition) is 7. The van der Waals surface area contributed by atoms with Crippen LogP contribution in [0.2, 0.25) is 0 Å². The number of pyridine rings is 1. The third kappa shape index (κ3) is 4.83. The molecule has 0 bridgehead atoms. The van der Waals surface area contributed by atoms with Gasteiger partial charge in [0.05, 0.1) is 11.3 Å². The van der Waals surface area contributed by atoms with Gasteiger partial charge in [0.1, 0.15) is 16.6 Å². The Labute approximate surface area is 165 Å². The molecule has 0 saturated carbocycles. The van der Waals surface area contributed by atoms with E-state index in [-0.39, 0.29) is 5.91 Å². The second kappa shape index (κ2) is 8.96. The predicted octanol–water partition coefficient (Wildman–Crippen LogP) is 2.92. The van der Waals surface area contributed by atoms with Gasteiger partial charge in [-0.1, -0.05) is 16.9 Å². The van der Waals surface area contributed by atoms with E-state index in [2.05, 4.69) is 25.7 Å². The van der Waals surface area contributed by atoms with E-state index in [1.54, 1.807) is 18.3 Å². The van der Waals surface area contributed by atoms with Gasteiger partial charge in [-0.25, -0.2) is 4.98 Å². The highest BCUT2D eigenvalue weighted by molar-refractivity contribution is 7.98. The highest BCUT2D eigenvalue weighted by atomic mass is 32.2. The molecule has 0 saturated heterocycles. The fraction of sp³-hybridized carbons (Fsp3) is 0.353. The molecule has 0 aliphatic heterocycles. The summed E-state index contributed by atoms with van der Waals surface area (Å²) < 4.78 is 7.57. The van der Waals surface area contributed by atoms with E-state index in [1.807, 2.05) is 24.5 Å². The standard InChI is InChI=1S/C17H20N6O2S2/c1-3-23-14(20-21-17(23)26)6-8-18-15(24)13-5-4-7-19-16(13)27-10-12-9-11(2)25-22-12/h4-5,7,9H,3,6,8,10H2,1-2H3,(H,18,24)(H,21,26). The first kappa shape index (κ1) is 19.3. The van der Waals surface area contributed by atoms with E-state index in [4.69, 9.17) is 16.7 Å². The van der Waals surface area contributed by atoms with Crippen molar-refractivity contribution in [3.8, 4) is 0 Å². The van der Waals surface area contributed by atoms with Crippen molar-refractivity contribution in [1.82, 2.24) is 30.2 Å². The Morgan fingerprint density at radius 1 is 1.48 bits per heavy atom. The SMILES string of the molecule is CCn1c(CCNC(=O)c2cccnc2SCc2cc(C)on2)n[nH]c1=S. The smallest absolute Gasteiger partial charge is 0.254 e. The Morgan fingerprint density at radius 3 is 3.07 bits per heavy atom. The molecule has 1 amide bonds. The summed E-state index contributed by atoms with van der Waals surface area (Å²) in [5.41, 5.74) is 1.36. The van der Waals surface area contributed by atoms with Crippen LogP contribution in [0.4, 0.5) is 0 Å². The van der Waals surface area contributed by atoms with Crippen LogP contribution in [-0.2, 0) is 18.7 Å². The monoisotopic (exact) mass is 404 g/mol. The minimum absolute atomic E-state index is 0.167. The van der Waals surface area contributed by atoms with Crippen LogP contribution in [0.5, 0.6) is 0 Å². The van der Waals surface area contributed by atoms with Gasteiger partial charge in [0, 0.05) is 37.5 Å². The molecule has 0 spiro atoms. The maximum absolute atomic E-state index is 12.6. The number of H-pyrrole nitrogens is 1. The Kier molecular flexibility index (Phi) is 6.40. The highest BCUT2D eigenvalue weighted by Gasteiger charge is 2.14. The Hall–Kier alpha value is -2.46. The second-order valence-corrected chi connectivity index (χ2v) is 7.12. The van der Waals surface area contributed by atoms with Crippen molar-refractivity contribution in [1.29, 1.82) is 0 Å². The number of amides is 1. The topological polar surface area (TPSA) is 102 Å². The van der Waals surface area contributed by atoms with E-state index in [9.17, 15) is 4.79 Å². The number of hydrogen-bond donors (Lipinski definition) is 2. The van der Waals surface area contributed by atoms with Gasteiger partial charge in [-0.2, -0.15) is 5.10 Å². The summed E-state index contributed by atoms with van der Waals surface area (Å²) in [6, 6.07) is 5.39. The molecule has 3 rings (SSSR count). The van der Waals surface area contributed by atoms with E-state index in [1.165, 1.54) is 11.8 Å². The maximum atomic E-state index is 12.6. The molecule has 0 fully saturated rings. The van der Waals surface area contributed by atoms with Crippen LogP contribution in [0.3, 0.4) is 0 Å². The summed E-state index contributed by atoms with van der Waals surface area (Å²) in [5.74, 6) is 2.00. The van der Waals surface area contributed by atoms with Crippen LogP contribution in [0.1, 0.15) is 34.6 Å². The van der Waals surface area contributed by atoms with Crippen LogP contribution >= 0.6 is 24.0 Å². The normalized spacial score (nSPS) is 10.9. The number of nitrogens with zero attached hydrogens (tertiary/aromatic N) is 4. The average molecular weight is 405 g/mol. The van der Waals surface area contributed by atoms with Gasteiger partial charge in [0.2, 0.25) is 0 Å². The lowest BCUT2D eigenvalue weighted by Gasteiger charge is -2.09. The molecule has 10 heteroatoms. The number of rotatable bonds is 8. The van der Waals surface area contributed by atoms with Gasteiger partial charge in [0.25, 0.3) is 5.91 Å². The zero-order valence-corrected chi connectivity index (χ0v) is 16.7. The van der Waals surface area contributed by atoms with E-state index < -0.39 is 0 Å². The Morgan fingerprint density at radius 2 is 2.33 bits per heavy atom. The summed E-state index contributed by atoms with van der Waals surface area (Å²) in [4.78, 5) is 16.9. The maximum Gasteiger partial charge on any atom is 0.254 e. The first-order valence-corrected chi connectivity index (χ1v) is 9.90. The minimum Gasteiger partial charge on any atom is -0.361 e. The molecule has 0 aromatic carbocycles. The van der Waals surface area contributed by atoms with Gasteiger partial charge in [-0.3, -0.25) is 9.89 Å². The fourth-order valence-electron chi connectivity index (χ4n) is 2.56. The van der Waals surface area contributed by atoms with E-state index in [0.29, 0.717) is 34.1 Å². The Bertz CT molecular complexity index is 978. The van der Waals surface area contributed by atoms with E-state index >= 15 is 0 Å². The average Bonchev–Trinajstić information content (AvgIpc) is 3.25. The van der Waals surface area contributed by atoms with Crippen LogP contribution in [-0.4, -0.2) is 37.4 Å². The molecule has 3 aromatic rings. The first-order chi connectivity index (χ1) is 13.1. The van der Waals surface area contributed by atoms with E-state index in [0.717, 1.165) is 23.8 Å². The lowest BCUT2D eigenvalue weighted by molar-refractivity contribution is 0.0950. The molecule has 8 nitrogen and oxygen atoms in total. The summed E-state index contributed by atoms with van der Waals surface area (Å²) in [6.07, 6.45) is 2.26. The van der Waals surface area contributed by atoms with Gasteiger partial charge in [-0.05, 0) is 38.2 Å². The number of thioether (sulfide) groups is 1. The van der Waals surface area contributed by atoms with Crippen LogP contribution in [0.15, 0.2) is 33.9 Å². The molecule has 0 aliphatic carbocycles. The van der Waals surface area contributed by atoms with Crippen LogP contribution < -0.4 is 5.32 Å². The van der Waals surface area contributed by atoms with Gasteiger partial charge in [0.15, 0.2) is 4.77 Å². The summed E-state index contributed by atoms with van der Waals surface area (Å²) >= 11 is 6.62. The lowest BCUT2D eigenvalue weighted by atomic mass is 10.2.